The van der Waals surface area contributed by atoms with Crippen molar-refractivity contribution in [3.05, 3.63) is 33.8 Å². The first-order valence-electron chi connectivity index (χ1n) is 5.55. The number of amides is 1. The molecule has 3 nitrogen and oxygen atoms in total. The monoisotopic (exact) mass is 294 g/mol. The lowest BCUT2D eigenvalue weighted by Crippen LogP contribution is -2.33. The van der Waals surface area contributed by atoms with Crippen molar-refractivity contribution in [2.45, 2.75) is 32.7 Å². The number of hydrogen-bond donors (Lipinski definition) is 1. The molecule has 1 atom stereocenters. The van der Waals surface area contributed by atoms with E-state index in [1.165, 1.54) is 0 Å². The smallest absolute Gasteiger partial charge is 0.253 e. The van der Waals surface area contributed by atoms with Crippen molar-refractivity contribution in [1.29, 1.82) is 5.26 Å². The number of nitrogens with zero attached hydrogens (tertiary/aromatic N) is 1. The maximum atomic E-state index is 12.0. The van der Waals surface area contributed by atoms with Crippen LogP contribution in [0.5, 0.6) is 0 Å². The van der Waals surface area contributed by atoms with Gasteiger partial charge in [0.2, 0.25) is 0 Å². The Hall–Kier alpha value is -1.34. The minimum Gasteiger partial charge on any atom is -0.336 e. The summed E-state index contributed by atoms with van der Waals surface area (Å²) in [5.41, 5.74) is 1.59. The topological polar surface area (TPSA) is 52.9 Å². The number of nitrogens with one attached hydrogen (secondary N) is 1. The standard InChI is InChI=1S/C13H15BrN2O/c1-3-4-10(8-15)16-13(17)11-7-9(2)5-6-12(11)14/h5-7,10H,3-4H2,1-2H3,(H,16,17). The molecule has 90 valence electrons. The average Bonchev–Trinajstić information content (AvgIpc) is 2.31. The zero-order valence-electron chi connectivity index (χ0n) is 9.96. The Morgan fingerprint density at radius 3 is 2.88 bits per heavy atom. The predicted molar refractivity (Wildman–Crippen MR) is 70.7 cm³/mol. The minimum atomic E-state index is -0.417. The maximum Gasteiger partial charge on any atom is 0.253 e. The van der Waals surface area contributed by atoms with Crippen molar-refractivity contribution in [2.75, 3.05) is 0 Å². The van der Waals surface area contributed by atoms with E-state index in [1.54, 1.807) is 6.07 Å². The lowest BCUT2D eigenvalue weighted by atomic mass is 10.1. The van der Waals surface area contributed by atoms with Crippen molar-refractivity contribution < 1.29 is 4.79 Å². The highest BCUT2D eigenvalue weighted by Gasteiger charge is 2.14. The van der Waals surface area contributed by atoms with E-state index in [0.717, 1.165) is 16.5 Å². The quantitative estimate of drug-likeness (QED) is 0.927. The van der Waals surface area contributed by atoms with Gasteiger partial charge in [-0.3, -0.25) is 4.79 Å². The lowest BCUT2D eigenvalue weighted by Gasteiger charge is -2.11. The molecule has 1 unspecified atom stereocenters. The van der Waals surface area contributed by atoms with E-state index in [9.17, 15) is 4.79 Å². The summed E-state index contributed by atoms with van der Waals surface area (Å²) in [5.74, 6) is -0.208. The van der Waals surface area contributed by atoms with Gasteiger partial charge in [-0.05, 0) is 41.4 Å². The van der Waals surface area contributed by atoms with Crippen LogP contribution in [0.1, 0.15) is 35.7 Å². The van der Waals surface area contributed by atoms with Gasteiger partial charge >= 0.3 is 0 Å². The molecular weight excluding hydrogens is 280 g/mol. The molecule has 1 aromatic rings. The van der Waals surface area contributed by atoms with Crippen LogP contribution in [0.3, 0.4) is 0 Å². The summed E-state index contributed by atoms with van der Waals surface area (Å²) in [7, 11) is 0. The molecule has 0 aliphatic rings. The first-order valence-corrected chi connectivity index (χ1v) is 6.34. The van der Waals surface area contributed by atoms with Crippen molar-refractivity contribution >= 4 is 21.8 Å². The lowest BCUT2D eigenvalue weighted by molar-refractivity contribution is 0.0943. The predicted octanol–water partition coefficient (Wildman–Crippen LogP) is 3.18. The Morgan fingerprint density at radius 2 is 2.29 bits per heavy atom. The molecule has 0 aliphatic carbocycles. The van der Waals surface area contributed by atoms with Crippen LogP contribution in [-0.4, -0.2) is 11.9 Å². The van der Waals surface area contributed by atoms with Gasteiger partial charge < -0.3 is 5.32 Å². The van der Waals surface area contributed by atoms with Crippen molar-refractivity contribution in [1.82, 2.24) is 5.32 Å². The van der Waals surface area contributed by atoms with Crippen LogP contribution in [0.25, 0.3) is 0 Å². The molecule has 0 aliphatic heterocycles. The number of benzene rings is 1. The van der Waals surface area contributed by atoms with Gasteiger partial charge in [-0.2, -0.15) is 5.26 Å². The molecule has 0 heterocycles. The molecule has 0 bridgehead atoms. The molecule has 0 spiro atoms. The third kappa shape index (κ3) is 3.86. The summed E-state index contributed by atoms with van der Waals surface area (Å²) in [4.78, 5) is 12.0. The third-order valence-electron chi connectivity index (χ3n) is 2.41. The Morgan fingerprint density at radius 1 is 1.59 bits per heavy atom. The Balaban J connectivity index is 2.83. The first-order chi connectivity index (χ1) is 8.08. The second-order valence-electron chi connectivity index (χ2n) is 3.93. The molecule has 0 saturated heterocycles. The van der Waals surface area contributed by atoms with Crippen molar-refractivity contribution in [3.8, 4) is 6.07 Å². The van der Waals surface area contributed by atoms with Crippen LogP contribution in [0.15, 0.2) is 22.7 Å². The summed E-state index contributed by atoms with van der Waals surface area (Å²) < 4.78 is 0.744. The largest absolute Gasteiger partial charge is 0.336 e. The van der Waals surface area contributed by atoms with Crippen LogP contribution in [0, 0.1) is 18.3 Å². The van der Waals surface area contributed by atoms with Gasteiger partial charge in [0, 0.05) is 4.47 Å². The van der Waals surface area contributed by atoms with Crippen LogP contribution < -0.4 is 5.32 Å². The third-order valence-corrected chi connectivity index (χ3v) is 3.10. The average molecular weight is 295 g/mol. The molecule has 0 aromatic heterocycles. The number of hydrogen-bond acceptors (Lipinski definition) is 2. The van der Waals surface area contributed by atoms with Crippen LogP contribution >= 0.6 is 15.9 Å². The maximum absolute atomic E-state index is 12.0. The van der Waals surface area contributed by atoms with E-state index >= 15 is 0 Å². The number of halogens is 1. The fourth-order valence-electron chi connectivity index (χ4n) is 1.51. The minimum absolute atomic E-state index is 0.208. The summed E-state index contributed by atoms with van der Waals surface area (Å²) in [6, 6.07) is 7.24. The number of aryl methyl sites for hydroxylation is 1. The van der Waals surface area contributed by atoms with Crippen LogP contribution in [-0.2, 0) is 0 Å². The number of carbonyl (C=O) groups is 1. The van der Waals surface area contributed by atoms with Crippen molar-refractivity contribution in [2.24, 2.45) is 0 Å². The summed E-state index contributed by atoms with van der Waals surface area (Å²) in [6.45, 7) is 3.91. The first kappa shape index (κ1) is 13.7. The molecule has 1 aromatic carbocycles. The van der Waals surface area contributed by atoms with E-state index in [-0.39, 0.29) is 5.91 Å². The molecule has 4 heteroatoms. The van der Waals surface area contributed by atoms with Gasteiger partial charge in [-0.1, -0.05) is 25.0 Å². The van der Waals surface area contributed by atoms with Crippen molar-refractivity contribution in [3.63, 3.8) is 0 Å². The number of nitriles is 1. The Labute approximate surface area is 110 Å². The second kappa shape index (κ2) is 6.41. The molecule has 1 amide bonds. The molecule has 0 saturated carbocycles. The van der Waals surface area contributed by atoms with Crippen LogP contribution in [0.2, 0.25) is 0 Å². The number of carbonyl (C=O) groups excluding carboxylic acids is 1. The van der Waals surface area contributed by atoms with Gasteiger partial charge in [0.25, 0.3) is 5.91 Å². The fourth-order valence-corrected chi connectivity index (χ4v) is 1.93. The van der Waals surface area contributed by atoms with E-state index in [1.807, 2.05) is 26.0 Å². The fraction of sp³-hybridized carbons (Fsp3) is 0.385. The molecule has 1 rings (SSSR count). The van der Waals surface area contributed by atoms with Gasteiger partial charge in [0.05, 0.1) is 11.6 Å². The molecule has 1 N–H and O–H groups in total. The second-order valence-corrected chi connectivity index (χ2v) is 4.78. The zero-order valence-corrected chi connectivity index (χ0v) is 11.5. The summed E-state index contributed by atoms with van der Waals surface area (Å²) >= 11 is 3.34. The van der Waals surface area contributed by atoms with Crippen LogP contribution in [0.4, 0.5) is 0 Å². The molecule has 0 radical (unpaired) electrons. The Kier molecular flexibility index (Phi) is 5.17. The normalized spacial score (nSPS) is 11.6. The molecule has 0 fully saturated rings. The van der Waals surface area contributed by atoms with E-state index in [4.69, 9.17) is 5.26 Å². The summed E-state index contributed by atoms with van der Waals surface area (Å²) in [5, 5.41) is 11.6. The highest BCUT2D eigenvalue weighted by Crippen LogP contribution is 2.18. The van der Waals surface area contributed by atoms with Gasteiger partial charge in [0.1, 0.15) is 6.04 Å². The van der Waals surface area contributed by atoms with E-state index < -0.39 is 6.04 Å². The molecule has 17 heavy (non-hydrogen) atoms. The van der Waals surface area contributed by atoms with Gasteiger partial charge in [-0.15, -0.1) is 0 Å². The Bertz CT molecular complexity index is 451. The highest BCUT2D eigenvalue weighted by atomic mass is 79.9. The van der Waals surface area contributed by atoms with Gasteiger partial charge in [-0.25, -0.2) is 0 Å². The summed E-state index contributed by atoms with van der Waals surface area (Å²) in [6.07, 6.45) is 1.54. The molecular formula is C13H15BrN2O. The van der Waals surface area contributed by atoms with Gasteiger partial charge in [0.15, 0.2) is 0 Å². The highest BCUT2D eigenvalue weighted by molar-refractivity contribution is 9.10. The number of rotatable bonds is 4. The zero-order chi connectivity index (χ0) is 12.8. The SMILES string of the molecule is CCCC(C#N)NC(=O)c1cc(C)ccc1Br. The van der Waals surface area contributed by atoms with E-state index in [0.29, 0.717) is 12.0 Å². The van der Waals surface area contributed by atoms with E-state index in [2.05, 4.69) is 27.3 Å².